The molecule has 0 radical (unpaired) electrons. The van der Waals surface area contributed by atoms with Crippen molar-refractivity contribution < 1.29 is 19.4 Å². The summed E-state index contributed by atoms with van der Waals surface area (Å²) in [6, 6.07) is 4.86. The molecule has 2 aliphatic rings. The molecule has 0 saturated carbocycles. The number of morpholine rings is 1. The third-order valence-electron chi connectivity index (χ3n) is 4.05. The predicted molar refractivity (Wildman–Crippen MR) is 71.7 cm³/mol. The number of carbonyl (C=O) groups excluding carboxylic acids is 1. The molecular weight excluding hydrogens is 258 g/mol. The lowest BCUT2D eigenvalue weighted by atomic mass is 10.0. The maximum Gasteiger partial charge on any atom is 0.328 e. The summed E-state index contributed by atoms with van der Waals surface area (Å²) < 4.78 is 5.18. The zero-order chi connectivity index (χ0) is 14.1. The largest absolute Gasteiger partial charge is 0.480 e. The maximum absolute atomic E-state index is 12.7. The smallest absolute Gasteiger partial charge is 0.328 e. The Morgan fingerprint density at radius 3 is 2.95 bits per heavy atom. The fourth-order valence-electron chi connectivity index (χ4n) is 3.03. The minimum absolute atomic E-state index is 0.0656. The van der Waals surface area contributed by atoms with Gasteiger partial charge in [-0.05, 0) is 36.5 Å². The van der Waals surface area contributed by atoms with Gasteiger partial charge in [0.1, 0.15) is 0 Å². The van der Waals surface area contributed by atoms with E-state index in [4.69, 9.17) is 4.74 Å². The highest BCUT2D eigenvalue weighted by molar-refractivity contribution is 5.98. The number of hydrogen-bond donors (Lipinski definition) is 1. The lowest BCUT2D eigenvalue weighted by Crippen LogP contribution is -2.52. The van der Waals surface area contributed by atoms with E-state index in [9.17, 15) is 14.7 Å². The Labute approximate surface area is 117 Å². The van der Waals surface area contributed by atoms with Crippen LogP contribution in [0.2, 0.25) is 0 Å². The van der Waals surface area contributed by atoms with Crippen LogP contribution < -0.4 is 0 Å². The molecule has 1 aromatic rings. The van der Waals surface area contributed by atoms with Gasteiger partial charge in [-0.1, -0.05) is 12.1 Å². The van der Waals surface area contributed by atoms with Crippen LogP contribution in [-0.4, -0.2) is 47.7 Å². The number of aliphatic carboxylic acids is 1. The molecule has 106 valence electrons. The number of hydrogen-bond acceptors (Lipinski definition) is 3. The normalized spacial score (nSPS) is 21.6. The van der Waals surface area contributed by atoms with Gasteiger partial charge < -0.3 is 14.7 Å². The first kappa shape index (κ1) is 13.1. The third kappa shape index (κ3) is 2.18. The molecule has 1 fully saturated rings. The Kier molecular flexibility index (Phi) is 3.44. The number of fused-ring (bicyclic) bond motifs is 1. The number of carboxylic acids is 1. The predicted octanol–water partition coefficient (Wildman–Crippen LogP) is 1.10. The van der Waals surface area contributed by atoms with Crippen molar-refractivity contribution >= 4 is 11.9 Å². The number of amides is 1. The van der Waals surface area contributed by atoms with E-state index in [2.05, 4.69) is 0 Å². The van der Waals surface area contributed by atoms with E-state index < -0.39 is 12.0 Å². The highest BCUT2D eigenvalue weighted by atomic mass is 16.5. The third-order valence-corrected chi connectivity index (χ3v) is 4.05. The molecule has 1 unspecified atom stereocenters. The van der Waals surface area contributed by atoms with Gasteiger partial charge in [-0.15, -0.1) is 0 Å². The summed E-state index contributed by atoms with van der Waals surface area (Å²) in [6.45, 7) is 0.792. The van der Waals surface area contributed by atoms with E-state index in [1.54, 1.807) is 6.07 Å². The number of carboxylic acid groups (broad SMARTS) is 1. The Balaban J connectivity index is 1.92. The first-order valence-electron chi connectivity index (χ1n) is 6.91. The van der Waals surface area contributed by atoms with Crippen LogP contribution in [0.5, 0.6) is 0 Å². The molecule has 1 saturated heterocycles. The fourth-order valence-corrected chi connectivity index (χ4v) is 3.03. The number of benzene rings is 1. The molecule has 1 aliphatic carbocycles. The van der Waals surface area contributed by atoms with Crippen LogP contribution in [0.15, 0.2) is 18.2 Å². The van der Waals surface area contributed by atoms with Crippen LogP contribution >= 0.6 is 0 Å². The van der Waals surface area contributed by atoms with Crippen LogP contribution in [0.25, 0.3) is 0 Å². The summed E-state index contributed by atoms with van der Waals surface area (Å²) >= 11 is 0. The molecular formula is C15H17NO4. The fraction of sp³-hybridized carbons (Fsp3) is 0.467. The summed E-state index contributed by atoms with van der Waals surface area (Å²) in [6.07, 6.45) is 2.96. The number of carbonyl (C=O) groups is 2. The standard InChI is InChI=1S/C15H17NO4/c17-14(16-7-8-20-9-13(16)15(18)19)12-6-2-4-10-3-1-5-11(10)12/h2,4,6,13H,1,3,5,7-9H2,(H,18,19). The Morgan fingerprint density at radius 2 is 2.15 bits per heavy atom. The molecule has 20 heavy (non-hydrogen) atoms. The molecule has 1 aromatic carbocycles. The molecule has 0 spiro atoms. The molecule has 1 aliphatic heterocycles. The van der Waals surface area contributed by atoms with E-state index in [1.165, 1.54) is 10.5 Å². The van der Waals surface area contributed by atoms with Gasteiger partial charge in [0.25, 0.3) is 5.91 Å². The van der Waals surface area contributed by atoms with E-state index in [0.717, 1.165) is 24.8 Å². The zero-order valence-electron chi connectivity index (χ0n) is 11.2. The highest BCUT2D eigenvalue weighted by Crippen LogP contribution is 2.27. The van der Waals surface area contributed by atoms with Crippen molar-refractivity contribution in [3.8, 4) is 0 Å². The summed E-state index contributed by atoms with van der Waals surface area (Å²) in [4.78, 5) is 25.4. The second-order valence-electron chi connectivity index (χ2n) is 5.22. The Morgan fingerprint density at radius 1 is 1.30 bits per heavy atom. The number of ether oxygens (including phenoxy) is 1. The SMILES string of the molecule is O=C(O)C1COCCN1C(=O)c1cccc2c1CCC2. The topological polar surface area (TPSA) is 66.8 Å². The highest BCUT2D eigenvalue weighted by Gasteiger charge is 2.34. The quantitative estimate of drug-likeness (QED) is 0.877. The van der Waals surface area contributed by atoms with Crippen LogP contribution in [0.4, 0.5) is 0 Å². The average molecular weight is 275 g/mol. The number of nitrogens with zero attached hydrogens (tertiary/aromatic N) is 1. The van der Waals surface area contributed by atoms with Crippen molar-refractivity contribution in [3.63, 3.8) is 0 Å². The average Bonchev–Trinajstić information content (AvgIpc) is 2.94. The van der Waals surface area contributed by atoms with Crippen LogP contribution in [0.3, 0.4) is 0 Å². The molecule has 1 heterocycles. The van der Waals surface area contributed by atoms with Crippen molar-refractivity contribution in [1.82, 2.24) is 4.90 Å². The monoisotopic (exact) mass is 275 g/mol. The molecule has 0 aromatic heterocycles. The van der Waals surface area contributed by atoms with Crippen molar-refractivity contribution in [2.45, 2.75) is 25.3 Å². The lowest BCUT2D eigenvalue weighted by molar-refractivity contribution is -0.147. The molecule has 1 amide bonds. The summed E-state index contributed by atoms with van der Waals surface area (Å²) in [7, 11) is 0. The van der Waals surface area contributed by atoms with Gasteiger partial charge in [-0.25, -0.2) is 4.79 Å². The Hall–Kier alpha value is -1.88. The first-order valence-corrected chi connectivity index (χ1v) is 6.91. The van der Waals surface area contributed by atoms with E-state index in [0.29, 0.717) is 18.7 Å². The summed E-state index contributed by atoms with van der Waals surface area (Å²) in [5.74, 6) is -1.19. The van der Waals surface area contributed by atoms with Gasteiger partial charge in [0.2, 0.25) is 0 Å². The first-order chi connectivity index (χ1) is 9.68. The lowest BCUT2D eigenvalue weighted by Gasteiger charge is -2.33. The van der Waals surface area contributed by atoms with Crippen molar-refractivity contribution in [3.05, 3.63) is 34.9 Å². The van der Waals surface area contributed by atoms with Gasteiger partial charge in [0.05, 0.1) is 13.2 Å². The molecule has 1 atom stereocenters. The number of aryl methyl sites for hydroxylation is 1. The Bertz CT molecular complexity index is 555. The van der Waals surface area contributed by atoms with Crippen molar-refractivity contribution in [1.29, 1.82) is 0 Å². The van der Waals surface area contributed by atoms with Crippen LogP contribution in [0, 0.1) is 0 Å². The van der Waals surface area contributed by atoms with E-state index in [1.807, 2.05) is 12.1 Å². The van der Waals surface area contributed by atoms with Gasteiger partial charge in [0, 0.05) is 12.1 Å². The van der Waals surface area contributed by atoms with E-state index in [-0.39, 0.29) is 12.5 Å². The molecule has 0 bridgehead atoms. The second-order valence-corrected chi connectivity index (χ2v) is 5.22. The van der Waals surface area contributed by atoms with Gasteiger partial charge in [-0.2, -0.15) is 0 Å². The number of rotatable bonds is 2. The van der Waals surface area contributed by atoms with Crippen molar-refractivity contribution in [2.24, 2.45) is 0 Å². The molecule has 5 nitrogen and oxygen atoms in total. The van der Waals surface area contributed by atoms with Gasteiger partial charge in [-0.3, -0.25) is 4.79 Å². The van der Waals surface area contributed by atoms with E-state index >= 15 is 0 Å². The molecule has 5 heteroatoms. The molecule has 1 N–H and O–H groups in total. The van der Waals surface area contributed by atoms with Gasteiger partial charge >= 0.3 is 5.97 Å². The minimum Gasteiger partial charge on any atom is -0.480 e. The van der Waals surface area contributed by atoms with Gasteiger partial charge in [0.15, 0.2) is 6.04 Å². The summed E-state index contributed by atoms with van der Waals surface area (Å²) in [5.41, 5.74) is 2.97. The second kappa shape index (κ2) is 5.25. The van der Waals surface area contributed by atoms with Crippen molar-refractivity contribution in [2.75, 3.05) is 19.8 Å². The minimum atomic E-state index is -1.01. The molecule has 3 rings (SSSR count). The van der Waals surface area contributed by atoms with Crippen LogP contribution in [0.1, 0.15) is 27.9 Å². The summed E-state index contributed by atoms with van der Waals surface area (Å²) in [5, 5.41) is 9.22. The van der Waals surface area contributed by atoms with Crippen LogP contribution in [-0.2, 0) is 22.4 Å². The maximum atomic E-state index is 12.7. The zero-order valence-corrected chi connectivity index (χ0v) is 11.2.